The Morgan fingerprint density at radius 1 is 0.972 bits per heavy atom. The molecule has 182 valence electrons. The Balaban J connectivity index is 1.49. The van der Waals surface area contributed by atoms with Crippen molar-refractivity contribution in [2.24, 2.45) is 0 Å². The maximum Gasteiger partial charge on any atom is 0.336 e. The highest BCUT2D eigenvalue weighted by atomic mass is 16.4. The largest absolute Gasteiger partial charge is 0.478 e. The van der Waals surface area contributed by atoms with Crippen LogP contribution in [0.1, 0.15) is 47.7 Å². The maximum absolute atomic E-state index is 13.0. The minimum absolute atomic E-state index is 0.177. The fraction of sp³-hybridized carbons (Fsp3) is 0.179. The van der Waals surface area contributed by atoms with Crippen molar-refractivity contribution in [3.8, 4) is 22.5 Å². The van der Waals surface area contributed by atoms with Crippen LogP contribution in [0.5, 0.6) is 0 Å². The van der Waals surface area contributed by atoms with Crippen molar-refractivity contribution >= 4 is 18.0 Å². The van der Waals surface area contributed by atoms with Gasteiger partial charge in [0.15, 0.2) is 0 Å². The number of unbranched alkanes of at least 4 members (excludes halogenated alkanes) is 1. The molecule has 1 aromatic heterocycles. The van der Waals surface area contributed by atoms with E-state index in [1.165, 1.54) is 0 Å². The SMILES string of the molecule is CCCC/C(=C\c1ccccc1C(=O)O)C(=O)NCc1ccc(-c2ccccc2-c2nn[nH]n2)cc1. The predicted octanol–water partition coefficient (Wildman–Crippen LogP) is 5.12. The first-order chi connectivity index (χ1) is 17.6. The average Bonchev–Trinajstić information content (AvgIpc) is 3.45. The number of carbonyl (C=O) groups excluding carboxylic acids is 1. The Kier molecular flexibility index (Phi) is 7.97. The number of H-pyrrole nitrogens is 1. The van der Waals surface area contributed by atoms with E-state index in [4.69, 9.17) is 0 Å². The first kappa shape index (κ1) is 24.5. The lowest BCUT2D eigenvalue weighted by molar-refractivity contribution is -0.117. The zero-order valence-electron chi connectivity index (χ0n) is 19.9. The summed E-state index contributed by atoms with van der Waals surface area (Å²) in [5.41, 5.74) is 5.07. The highest BCUT2D eigenvalue weighted by molar-refractivity contribution is 6.00. The molecule has 0 fully saturated rings. The van der Waals surface area contributed by atoms with Crippen molar-refractivity contribution < 1.29 is 14.7 Å². The second-order valence-corrected chi connectivity index (χ2v) is 8.33. The van der Waals surface area contributed by atoms with Crippen LogP contribution in [0.3, 0.4) is 0 Å². The summed E-state index contributed by atoms with van der Waals surface area (Å²) in [6.45, 7) is 2.41. The molecule has 1 amide bonds. The van der Waals surface area contributed by atoms with Crippen LogP contribution in [0, 0.1) is 0 Å². The standard InChI is InChI=1S/C28H27N5O3/c1-2-3-8-22(17-21-9-4-5-11-24(21)28(35)36)27(34)29-18-19-13-15-20(16-14-19)23-10-6-7-12-25(23)26-30-32-33-31-26/h4-7,9-17H,2-3,8,18H2,1H3,(H,29,34)(H,35,36)(H,30,31,32,33)/b22-17+. The molecule has 4 aromatic rings. The molecule has 3 N–H and O–H groups in total. The molecule has 3 aromatic carbocycles. The van der Waals surface area contributed by atoms with E-state index in [0.717, 1.165) is 35.1 Å². The second kappa shape index (κ2) is 11.7. The van der Waals surface area contributed by atoms with Crippen LogP contribution >= 0.6 is 0 Å². The minimum atomic E-state index is -1.02. The highest BCUT2D eigenvalue weighted by Crippen LogP contribution is 2.29. The van der Waals surface area contributed by atoms with Crippen molar-refractivity contribution in [2.75, 3.05) is 0 Å². The van der Waals surface area contributed by atoms with E-state index < -0.39 is 5.97 Å². The number of carboxylic acids is 1. The minimum Gasteiger partial charge on any atom is -0.478 e. The summed E-state index contributed by atoms with van der Waals surface area (Å²) >= 11 is 0. The maximum atomic E-state index is 13.0. The summed E-state index contributed by atoms with van der Waals surface area (Å²) < 4.78 is 0. The Morgan fingerprint density at radius 2 is 1.69 bits per heavy atom. The van der Waals surface area contributed by atoms with E-state index in [9.17, 15) is 14.7 Å². The zero-order valence-corrected chi connectivity index (χ0v) is 19.9. The summed E-state index contributed by atoms with van der Waals surface area (Å²) in [7, 11) is 0. The van der Waals surface area contributed by atoms with Gasteiger partial charge in [-0.05, 0) is 52.5 Å². The Hall–Kier alpha value is -4.59. The topological polar surface area (TPSA) is 121 Å². The third kappa shape index (κ3) is 5.90. The van der Waals surface area contributed by atoms with E-state index >= 15 is 0 Å². The number of benzene rings is 3. The van der Waals surface area contributed by atoms with Crippen molar-refractivity contribution in [2.45, 2.75) is 32.7 Å². The smallest absolute Gasteiger partial charge is 0.336 e. The lowest BCUT2D eigenvalue weighted by Gasteiger charge is -2.11. The highest BCUT2D eigenvalue weighted by Gasteiger charge is 2.14. The van der Waals surface area contributed by atoms with Crippen molar-refractivity contribution in [3.63, 3.8) is 0 Å². The lowest BCUT2D eigenvalue weighted by atomic mass is 9.98. The van der Waals surface area contributed by atoms with Gasteiger partial charge in [0.2, 0.25) is 11.7 Å². The molecule has 8 heteroatoms. The number of carbonyl (C=O) groups is 2. The number of aromatic amines is 1. The van der Waals surface area contributed by atoms with Gasteiger partial charge in [-0.15, -0.1) is 10.2 Å². The van der Waals surface area contributed by atoms with Gasteiger partial charge in [-0.3, -0.25) is 4.79 Å². The number of hydrogen-bond donors (Lipinski definition) is 3. The number of aromatic carboxylic acids is 1. The molecule has 8 nitrogen and oxygen atoms in total. The fourth-order valence-electron chi connectivity index (χ4n) is 3.93. The number of hydrogen-bond acceptors (Lipinski definition) is 5. The van der Waals surface area contributed by atoms with E-state index in [1.807, 2.05) is 48.5 Å². The monoisotopic (exact) mass is 481 g/mol. The van der Waals surface area contributed by atoms with Crippen LogP contribution < -0.4 is 5.32 Å². The molecule has 4 rings (SSSR count). The first-order valence-electron chi connectivity index (χ1n) is 11.8. The van der Waals surface area contributed by atoms with Crippen LogP contribution in [0.15, 0.2) is 78.4 Å². The van der Waals surface area contributed by atoms with Crippen LogP contribution in [0.25, 0.3) is 28.6 Å². The number of nitrogens with one attached hydrogen (secondary N) is 2. The normalized spacial score (nSPS) is 11.3. The first-order valence-corrected chi connectivity index (χ1v) is 11.8. The third-order valence-corrected chi connectivity index (χ3v) is 5.84. The molecule has 0 aliphatic heterocycles. The van der Waals surface area contributed by atoms with Gasteiger partial charge in [0.1, 0.15) is 0 Å². The Bertz CT molecular complexity index is 1360. The van der Waals surface area contributed by atoms with Gasteiger partial charge in [-0.2, -0.15) is 5.21 Å². The average molecular weight is 482 g/mol. The summed E-state index contributed by atoms with van der Waals surface area (Å²) in [5, 5.41) is 26.8. The van der Waals surface area contributed by atoms with Gasteiger partial charge >= 0.3 is 5.97 Å². The Morgan fingerprint density at radius 3 is 2.39 bits per heavy atom. The van der Waals surface area contributed by atoms with Crippen LogP contribution in [-0.4, -0.2) is 37.6 Å². The van der Waals surface area contributed by atoms with E-state index in [1.54, 1.807) is 30.3 Å². The van der Waals surface area contributed by atoms with Gasteiger partial charge in [0.25, 0.3) is 0 Å². The fourth-order valence-corrected chi connectivity index (χ4v) is 3.93. The molecule has 0 aliphatic carbocycles. The number of aromatic nitrogens is 4. The molecule has 0 bridgehead atoms. The van der Waals surface area contributed by atoms with Crippen molar-refractivity contribution in [1.82, 2.24) is 25.9 Å². The molecular formula is C28H27N5O3. The van der Waals surface area contributed by atoms with Gasteiger partial charge in [0, 0.05) is 17.7 Å². The van der Waals surface area contributed by atoms with E-state index in [-0.39, 0.29) is 11.5 Å². The molecule has 0 aliphatic rings. The molecule has 0 spiro atoms. The Labute approximate surface area is 209 Å². The number of tetrazole rings is 1. The second-order valence-electron chi connectivity index (χ2n) is 8.33. The van der Waals surface area contributed by atoms with E-state index in [2.05, 4.69) is 32.9 Å². The molecule has 0 saturated heterocycles. The summed E-state index contributed by atoms with van der Waals surface area (Å²) in [6, 6.07) is 22.5. The summed E-state index contributed by atoms with van der Waals surface area (Å²) in [4.78, 5) is 24.6. The van der Waals surface area contributed by atoms with Gasteiger partial charge in [0.05, 0.1) is 5.56 Å². The van der Waals surface area contributed by atoms with Gasteiger partial charge in [-0.25, -0.2) is 4.79 Å². The molecule has 1 heterocycles. The summed E-state index contributed by atoms with van der Waals surface area (Å²) in [6.07, 6.45) is 4.02. The molecule has 0 unspecified atom stereocenters. The van der Waals surface area contributed by atoms with Gasteiger partial charge < -0.3 is 10.4 Å². The number of nitrogens with zero attached hydrogens (tertiary/aromatic N) is 3. The molecule has 0 radical (unpaired) electrons. The molecule has 0 atom stereocenters. The number of rotatable bonds is 10. The van der Waals surface area contributed by atoms with Crippen molar-refractivity contribution in [1.29, 1.82) is 0 Å². The van der Waals surface area contributed by atoms with Crippen molar-refractivity contribution in [3.05, 3.63) is 95.1 Å². The zero-order chi connectivity index (χ0) is 25.3. The van der Waals surface area contributed by atoms with Gasteiger partial charge in [-0.1, -0.05) is 80.1 Å². The van der Waals surface area contributed by atoms with E-state index in [0.29, 0.717) is 29.9 Å². The van der Waals surface area contributed by atoms with Crippen LogP contribution in [-0.2, 0) is 11.3 Å². The lowest BCUT2D eigenvalue weighted by Crippen LogP contribution is -2.24. The predicted molar refractivity (Wildman–Crippen MR) is 138 cm³/mol. The number of amides is 1. The summed E-state index contributed by atoms with van der Waals surface area (Å²) in [5.74, 6) is -0.689. The van der Waals surface area contributed by atoms with Crippen LogP contribution in [0.2, 0.25) is 0 Å². The molecular weight excluding hydrogens is 454 g/mol. The molecule has 0 saturated carbocycles. The quantitative estimate of drug-likeness (QED) is 0.270. The number of carboxylic acid groups (broad SMARTS) is 1. The third-order valence-electron chi connectivity index (χ3n) is 5.84. The van der Waals surface area contributed by atoms with Crippen LogP contribution in [0.4, 0.5) is 0 Å². The molecule has 36 heavy (non-hydrogen) atoms.